The van der Waals surface area contributed by atoms with Crippen molar-refractivity contribution in [2.45, 2.75) is 39.5 Å². The number of nitrogens with one attached hydrogen (secondary N) is 3. The van der Waals surface area contributed by atoms with E-state index in [1.807, 2.05) is 27.7 Å². The molecule has 0 heterocycles. The van der Waals surface area contributed by atoms with Gasteiger partial charge < -0.3 is 19.0 Å². The fourth-order valence-corrected chi connectivity index (χ4v) is 3.62. The smallest absolute Gasteiger partial charge is 0.413 e. The van der Waals surface area contributed by atoms with Crippen molar-refractivity contribution < 1.29 is 36.5 Å². The number of nitrogens with zero attached hydrogens (tertiary/aromatic N) is 1. The molecule has 3 N–H and O–H groups in total. The first-order valence-electron chi connectivity index (χ1n) is 11.7. The Kier molecular flexibility index (Phi) is 11.1. The number of benzene rings is 2. The Bertz CT molecular complexity index is 1230. The maximum absolute atomic E-state index is 12.8. The van der Waals surface area contributed by atoms with Gasteiger partial charge in [-0.3, -0.25) is 15.4 Å². The van der Waals surface area contributed by atoms with Crippen molar-refractivity contribution in [3.8, 4) is 5.75 Å². The van der Waals surface area contributed by atoms with E-state index in [9.17, 15) is 22.8 Å². The molecular formula is C25H32N4O8S. The highest BCUT2D eigenvalue weighted by Crippen LogP contribution is 2.29. The maximum atomic E-state index is 12.8. The molecule has 13 heteroatoms. The number of carbonyl (C=O) groups excluding carboxylic acids is 3. The van der Waals surface area contributed by atoms with Gasteiger partial charge in [-0.05, 0) is 42.2 Å². The van der Waals surface area contributed by atoms with E-state index in [-0.39, 0.29) is 53.0 Å². The van der Waals surface area contributed by atoms with Gasteiger partial charge in [-0.1, -0.05) is 45.9 Å². The van der Waals surface area contributed by atoms with Crippen molar-refractivity contribution in [2.24, 2.45) is 16.8 Å². The molecular weight excluding hydrogens is 516 g/mol. The first kappa shape index (κ1) is 30.1. The molecule has 2 rings (SSSR count). The number of carbonyl (C=O) groups is 3. The zero-order valence-electron chi connectivity index (χ0n) is 21.8. The predicted molar refractivity (Wildman–Crippen MR) is 141 cm³/mol. The van der Waals surface area contributed by atoms with Crippen LogP contribution in [0, 0.1) is 11.8 Å². The SMILES string of the molecule is CC(=O)Nc1cc(S(=O)(=O)Oc2ccccc2)ccc1N=C(NC(=O)OCC(C)C)NC(=O)OCC(C)C. The first-order valence-corrected chi connectivity index (χ1v) is 13.1. The number of alkyl carbamates (subject to hydrolysis) is 2. The number of anilines is 1. The Labute approximate surface area is 221 Å². The average molecular weight is 549 g/mol. The van der Waals surface area contributed by atoms with E-state index < -0.39 is 28.2 Å². The van der Waals surface area contributed by atoms with Gasteiger partial charge >= 0.3 is 22.3 Å². The molecule has 0 saturated heterocycles. The second-order valence-electron chi connectivity index (χ2n) is 8.91. The predicted octanol–water partition coefficient (Wildman–Crippen LogP) is 4.16. The second kappa shape index (κ2) is 14.0. The summed E-state index contributed by atoms with van der Waals surface area (Å²) in [5.41, 5.74) is -0.00962. The molecule has 0 atom stereocenters. The molecule has 0 aliphatic rings. The Morgan fingerprint density at radius 3 is 1.92 bits per heavy atom. The number of hydrogen-bond acceptors (Lipinski definition) is 9. The highest BCUT2D eigenvalue weighted by Gasteiger charge is 2.20. The van der Waals surface area contributed by atoms with Crippen molar-refractivity contribution in [2.75, 3.05) is 18.5 Å². The lowest BCUT2D eigenvalue weighted by atomic mass is 10.2. The van der Waals surface area contributed by atoms with Gasteiger partial charge in [0.05, 0.1) is 24.6 Å². The van der Waals surface area contributed by atoms with Crippen LogP contribution >= 0.6 is 0 Å². The minimum atomic E-state index is -4.27. The summed E-state index contributed by atoms with van der Waals surface area (Å²) in [5, 5.41) is 7.13. The lowest BCUT2D eigenvalue weighted by Gasteiger charge is -2.15. The molecule has 0 bridgehead atoms. The second-order valence-corrected chi connectivity index (χ2v) is 10.5. The topological polar surface area (TPSA) is 161 Å². The third-order valence-corrected chi connectivity index (χ3v) is 5.53. The molecule has 12 nitrogen and oxygen atoms in total. The summed E-state index contributed by atoms with van der Waals surface area (Å²) in [5.74, 6) is -0.662. The lowest BCUT2D eigenvalue weighted by molar-refractivity contribution is -0.114. The highest BCUT2D eigenvalue weighted by atomic mass is 32.2. The van der Waals surface area contributed by atoms with Gasteiger partial charge in [-0.2, -0.15) is 8.42 Å². The molecule has 0 aromatic heterocycles. The molecule has 0 saturated carbocycles. The Morgan fingerprint density at radius 1 is 0.868 bits per heavy atom. The third-order valence-electron chi connectivity index (χ3n) is 4.29. The summed E-state index contributed by atoms with van der Waals surface area (Å²) in [7, 11) is -4.27. The molecule has 0 aliphatic carbocycles. The zero-order chi connectivity index (χ0) is 28.3. The van der Waals surface area contributed by atoms with E-state index in [4.69, 9.17) is 13.7 Å². The van der Waals surface area contributed by atoms with Crippen LogP contribution in [0.4, 0.5) is 21.0 Å². The van der Waals surface area contributed by atoms with E-state index in [2.05, 4.69) is 20.9 Å². The summed E-state index contributed by atoms with van der Waals surface area (Å²) >= 11 is 0. The molecule has 3 amide bonds. The van der Waals surface area contributed by atoms with Crippen molar-refractivity contribution >= 4 is 45.5 Å². The van der Waals surface area contributed by atoms with E-state index in [1.54, 1.807) is 18.2 Å². The number of aliphatic imine (C=N–C) groups is 1. The molecule has 2 aromatic rings. The highest BCUT2D eigenvalue weighted by molar-refractivity contribution is 7.87. The molecule has 0 spiro atoms. The largest absolute Gasteiger partial charge is 0.449 e. The number of rotatable bonds is 9. The molecule has 38 heavy (non-hydrogen) atoms. The van der Waals surface area contributed by atoms with E-state index in [0.717, 1.165) is 6.07 Å². The van der Waals surface area contributed by atoms with Crippen LogP contribution in [0.25, 0.3) is 0 Å². The minimum absolute atomic E-state index is 0.0159. The Morgan fingerprint density at radius 2 is 1.42 bits per heavy atom. The van der Waals surface area contributed by atoms with Crippen LogP contribution in [0.5, 0.6) is 5.75 Å². The number of ether oxygens (including phenoxy) is 2. The van der Waals surface area contributed by atoms with Crippen LogP contribution in [0.2, 0.25) is 0 Å². The molecule has 0 aliphatic heterocycles. The fourth-order valence-electron chi connectivity index (χ4n) is 2.67. The van der Waals surface area contributed by atoms with Gasteiger partial charge in [0.15, 0.2) is 0 Å². The molecule has 2 aromatic carbocycles. The summed E-state index contributed by atoms with van der Waals surface area (Å²) < 4.78 is 40.9. The fraction of sp³-hybridized carbons (Fsp3) is 0.360. The third kappa shape index (κ3) is 10.5. The molecule has 206 valence electrons. The summed E-state index contributed by atoms with van der Waals surface area (Å²) in [6, 6.07) is 11.5. The summed E-state index contributed by atoms with van der Waals surface area (Å²) in [6.45, 7) is 8.84. The van der Waals surface area contributed by atoms with Gasteiger partial charge in [0.25, 0.3) is 0 Å². The van der Waals surface area contributed by atoms with Gasteiger partial charge in [0.2, 0.25) is 11.9 Å². The maximum Gasteiger partial charge on any atom is 0.413 e. The lowest BCUT2D eigenvalue weighted by Crippen LogP contribution is -2.44. The van der Waals surface area contributed by atoms with E-state index in [0.29, 0.717) is 0 Å². The van der Waals surface area contributed by atoms with Crippen LogP contribution in [-0.2, 0) is 24.4 Å². The van der Waals surface area contributed by atoms with Crippen LogP contribution < -0.4 is 20.1 Å². The normalized spacial score (nSPS) is 10.9. The van der Waals surface area contributed by atoms with Gasteiger partial charge in [-0.25, -0.2) is 14.6 Å². The van der Waals surface area contributed by atoms with Crippen LogP contribution in [0.15, 0.2) is 58.4 Å². The zero-order valence-corrected chi connectivity index (χ0v) is 22.6. The number of hydrogen-bond donors (Lipinski definition) is 3. The van der Waals surface area contributed by atoms with Crippen molar-refractivity contribution in [1.82, 2.24) is 10.6 Å². The Hall–Kier alpha value is -4.13. The summed E-state index contributed by atoms with van der Waals surface area (Å²) in [4.78, 5) is 40.3. The van der Waals surface area contributed by atoms with Gasteiger partial charge in [0.1, 0.15) is 10.6 Å². The molecule has 0 unspecified atom stereocenters. The number of guanidine groups is 1. The molecule has 0 fully saturated rings. The quantitative estimate of drug-likeness (QED) is 0.239. The Balaban J connectivity index is 2.42. The van der Waals surface area contributed by atoms with Crippen LogP contribution in [0.1, 0.15) is 34.6 Å². The standard InChI is InChI=1S/C25H32N4O8S/c1-16(2)14-35-24(31)28-23(29-25(32)36-15-17(3)4)27-21-12-11-20(13-22(21)26-18(5)30)38(33,34)37-19-9-7-6-8-10-19/h6-13,16-17H,14-15H2,1-5H3,(H,26,30)(H2,27,28,29,31,32). The van der Waals surface area contributed by atoms with Crippen molar-refractivity contribution in [3.63, 3.8) is 0 Å². The van der Waals surface area contributed by atoms with Gasteiger partial charge in [-0.15, -0.1) is 0 Å². The monoisotopic (exact) mass is 548 g/mol. The number of para-hydroxylation sites is 1. The van der Waals surface area contributed by atoms with E-state index >= 15 is 0 Å². The van der Waals surface area contributed by atoms with E-state index in [1.165, 1.54) is 31.2 Å². The van der Waals surface area contributed by atoms with Crippen molar-refractivity contribution in [3.05, 3.63) is 48.5 Å². The van der Waals surface area contributed by atoms with Crippen LogP contribution in [-0.4, -0.2) is 45.7 Å². The summed E-state index contributed by atoms with van der Waals surface area (Å²) in [6.07, 6.45) is -1.78. The first-order chi connectivity index (χ1) is 17.9. The average Bonchev–Trinajstić information content (AvgIpc) is 2.82. The number of amides is 3. The molecule has 0 radical (unpaired) electrons. The van der Waals surface area contributed by atoms with Gasteiger partial charge in [0, 0.05) is 6.92 Å². The van der Waals surface area contributed by atoms with Crippen molar-refractivity contribution in [1.29, 1.82) is 0 Å². The minimum Gasteiger partial charge on any atom is -0.449 e. The van der Waals surface area contributed by atoms with Crippen LogP contribution in [0.3, 0.4) is 0 Å².